The molecule has 32 heavy (non-hydrogen) atoms. The Balaban J connectivity index is 1.69. The number of Topliss-reactive ketones (excluding diaryl/α,β-unsaturated/α-hetero) is 2. The standard InChI is InChI=1S/C24H21ClN2O5/c1-13(28)20-21(14-7-8-17(18(25)11-14)24(31)32-2)27(23(30)22(20)29)10-9-15-12-26-19-6-4-3-5-16(15)19/h3-8,11-12,20-21,26H,9-10H2,1-2H3. The smallest absolute Gasteiger partial charge is 0.339 e. The second kappa shape index (κ2) is 8.59. The number of para-hydroxylation sites is 1. The van der Waals surface area contributed by atoms with Gasteiger partial charge < -0.3 is 14.6 Å². The van der Waals surface area contributed by atoms with Crippen LogP contribution in [0.1, 0.15) is 34.5 Å². The lowest BCUT2D eigenvalue weighted by atomic mass is 9.89. The molecule has 0 spiro atoms. The van der Waals surface area contributed by atoms with Crippen molar-refractivity contribution in [1.82, 2.24) is 9.88 Å². The minimum absolute atomic E-state index is 0.125. The molecule has 2 aromatic carbocycles. The van der Waals surface area contributed by atoms with Crippen molar-refractivity contribution in [3.05, 3.63) is 70.4 Å². The van der Waals surface area contributed by atoms with E-state index in [9.17, 15) is 19.2 Å². The molecule has 8 heteroatoms. The third kappa shape index (κ3) is 3.69. The Morgan fingerprint density at radius 3 is 2.59 bits per heavy atom. The van der Waals surface area contributed by atoms with E-state index in [1.807, 2.05) is 30.5 Å². The number of hydrogen-bond acceptors (Lipinski definition) is 5. The number of aromatic nitrogens is 1. The van der Waals surface area contributed by atoms with E-state index < -0.39 is 35.4 Å². The van der Waals surface area contributed by atoms with Crippen LogP contribution < -0.4 is 0 Å². The molecule has 164 valence electrons. The predicted octanol–water partition coefficient (Wildman–Crippen LogP) is 3.51. The molecule has 1 amide bonds. The quantitative estimate of drug-likeness (QED) is 0.350. The first-order valence-corrected chi connectivity index (χ1v) is 10.5. The van der Waals surface area contributed by atoms with Gasteiger partial charge in [-0.1, -0.05) is 35.9 Å². The topological polar surface area (TPSA) is 96.5 Å². The van der Waals surface area contributed by atoms with Crippen LogP contribution in [-0.2, 0) is 25.5 Å². The summed E-state index contributed by atoms with van der Waals surface area (Å²) in [5, 5.41) is 1.16. The lowest BCUT2D eigenvalue weighted by Crippen LogP contribution is -2.32. The zero-order chi connectivity index (χ0) is 23.0. The number of esters is 1. The molecule has 2 atom stereocenters. The number of ether oxygens (including phenoxy) is 1. The lowest BCUT2D eigenvalue weighted by Gasteiger charge is -2.27. The molecule has 1 N–H and O–H groups in total. The number of likely N-dealkylation sites (tertiary alicyclic amines) is 1. The number of aromatic amines is 1. The van der Waals surface area contributed by atoms with Crippen LogP contribution in [0.15, 0.2) is 48.7 Å². The van der Waals surface area contributed by atoms with E-state index in [0.717, 1.165) is 16.5 Å². The van der Waals surface area contributed by atoms with E-state index in [1.54, 1.807) is 6.07 Å². The number of amides is 1. The van der Waals surface area contributed by atoms with Crippen molar-refractivity contribution >= 4 is 45.9 Å². The van der Waals surface area contributed by atoms with Gasteiger partial charge in [-0.25, -0.2) is 4.79 Å². The fraction of sp³-hybridized carbons (Fsp3) is 0.250. The van der Waals surface area contributed by atoms with Crippen LogP contribution in [0.25, 0.3) is 10.9 Å². The summed E-state index contributed by atoms with van der Waals surface area (Å²) in [5.74, 6) is -3.53. The highest BCUT2D eigenvalue weighted by atomic mass is 35.5. The van der Waals surface area contributed by atoms with E-state index >= 15 is 0 Å². The zero-order valence-electron chi connectivity index (χ0n) is 17.6. The third-order valence-corrected chi connectivity index (χ3v) is 6.19. The molecular weight excluding hydrogens is 432 g/mol. The van der Waals surface area contributed by atoms with Crippen LogP contribution in [0.4, 0.5) is 0 Å². The number of hydrogen-bond donors (Lipinski definition) is 1. The number of nitrogens with one attached hydrogen (secondary N) is 1. The van der Waals surface area contributed by atoms with Crippen LogP contribution in [0, 0.1) is 5.92 Å². The summed E-state index contributed by atoms with van der Waals surface area (Å²) < 4.78 is 4.71. The minimum atomic E-state index is -1.12. The van der Waals surface area contributed by atoms with E-state index in [4.69, 9.17) is 16.3 Å². The molecule has 3 aromatic rings. The number of nitrogens with zero attached hydrogens (tertiary/aromatic N) is 1. The molecule has 2 heterocycles. The first-order chi connectivity index (χ1) is 15.3. The first-order valence-electron chi connectivity index (χ1n) is 10.1. The molecule has 0 saturated carbocycles. The van der Waals surface area contributed by atoms with Crippen molar-refractivity contribution in [3.63, 3.8) is 0 Å². The van der Waals surface area contributed by atoms with Gasteiger partial charge in [-0.3, -0.25) is 14.4 Å². The average molecular weight is 453 g/mol. The molecule has 2 unspecified atom stereocenters. The lowest BCUT2D eigenvalue weighted by molar-refractivity contribution is -0.142. The number of methoxy groups -OCH3 is 1. The third-order valence-electron chi connectivity index (χ3n) is 5.88. The minimum Gasteiger partial charge on any atom is -0.465 e. The first kappa shape index (κ1) is 21.8. The highest BCUT2D eigenvalue weighted by Crippen LogP contribution is 2.38. The van der Waals surface area contributed by atoms with Crippen molar-refractivity contribution in [3.8, 4) is 0 Å². The number of ketones is 2. The highest BCUT2D eigenvalue weighted by molar-refractivity contribution is 6.43. The maximum Gasteiger partial charge on any atom is 0.339 e. The molecule has 1 saturated heterocycles. The van der Waals surface area contributed by atoms with Gasteiger partial charge in [0.1, 0.15) is 11.7 Å². The Morgan fingerprint density at radius 2 is 1.91 bits per heavy atom. The number of benzene rings is 2. The van der Waals surface area contributed by atoms with Gasteiger partial charge in [0, 0.05) is 23.6 Å². The van der Waals surface area contributed by atoms with Gasteiger partial charge in [-0.05, 0) is 42.7 Å². The van der Waals surface area contributed by atoms with Crippen molar-refractivity contribution in [2.24, 2.45) is 5.92 Å². The van der Waals surface area contributed by atoms with Gasteiger partial charge in [-0.2, -0.15) is 0 Å². The SMILES string of the molecule is COC(=O)c1ccc(C2C(C(C)=O)C(=O)C(=O)N2CCc2c[nH]c3ccccc23)cc1Cl. The molecule has 0 aliphatic carbocycles. The Hall–Kier alpha value is -3.45. The van der Waals surface area contributed by atoms with Crippen LogP contribution >= 0.6 is 11.6 Å². The Labute approximate surface area is 189 Å². The second-order valence-electron chi connectivity index (χ2n) is 7.74. The zero-order valence-corrected chi connectivity index (χ0v) is 18.3. The van der Waals surface area contributed by atoms with Crippen molar-refractivity contribution in [2.75, 3.05) is 13.7 Å². The predicted molar refractivity (Wildman–Crippen MR) is 118 cm³/mol. The summed E-state index contributed by atoms with van der Waals surface area (Å²) in [6, 6.07) is 11.6. The van der Waals surface area contributed by atoms with Crippen LogP contribution in [-0.4, -0.2) is 47.0 Å². The second-order valence-corrected chi connectivity index (χ2v) is 8.14. The van der Waals surface area contributed by atoms with Crippen molar-refractivity contribution in [1.29, 1.82) is 0 Å². The molecular formula is C24H21ClN2O5. The summed E-state index contributed by atoms with van der Waals surface area (Å²) in [4.78, 5) is 54.4. The Morgan fingerprint density at radius 1 is 1.16 bits per heavy atom. The number of rotatable bonds is 6. The number of H-pyrrole nitrogens is 1. The van der Waals surface area contributed by atoms with E-state index in [0.29, 0.717) is 12.0 Å². The van der Waals surface area contributed by atoms with Gasteiger partial charge in [0.15, 0.2) is 0 Å². The van der Waals surface area contributed by atoms with Gasteiger partial charge >= 0.3 is 5.97 Å². The number of fused-ring (bicyclic) bond motifs is 1. The normalized spacial score (nSPS) is 18.4. The van der Waals surface area contributed by atoms with E-state index in [1.165, 1.54) is 31.1 Å². The van der Waals surface area contributed by atoms with Crippen LogP contribution in [0.2, 0.25) is 5.02 Å². The fourth-order valence-electron chi connectivity index (χ4n) is 4.31. The van der Waals surface area contributed by atoms with Crippen LogP contribution in [0.5, 0.6) is 0 Å². The summed E-state index contributed by atoms with van der Waals surface area (Å²) in [7, 11) is 1.25. The molecule has 1 aliphatic rings. The van der Waals surface area contributed by atoms with E-state index in [2.05, 4.69) is 4.98 Å². The molecule has 1 aliphatic heterocycles. The average Bonchev–Trinajstić information content (AvgIpc) is 3.30. The summed E-state index contributed by atoms with van der Waals surface area (Å²) in [6.07, 6.45) is 2.38. The highest BCUT2D eigenvalue weighted by Gasteiger charge is 2.50. The van der Waals surface area contributed by atoms with Crippen LogP contribution in [0.3, 0.4) is 0 Å². The van der Waals surface area contributed by atoms with Crippen molar-refractivity contribution in [2.45, 2.75) is 19.4 Å². The molecule has 7 nitrogen and oxygen atoms in total. The number of carbonyl (C=O) groups is 4. The number of carbonyl (C=O) groups excluding carboxylic acids is 4. The maximum absolute atomic E-state index is 12.8. The molecule has 1 aromatic heterocycles. The molecule has 4 rings (SSSR count). The Bertz CT molecular complexity index is 1250. The van der Waals surface area contributed by atoms with Gasteiger partial charge in [0.25, 0.3) is 5.91 Å². The number of halogens is 1. The summed E-state index contributed by atoms with van der Waals surface area (Å²) in [5.41, 5.74) is 2.67. The van der Waals surface area contributed by atoms with Gasteiger partial charge in [-0.15, -0.1) is 0 Å². The molecule has 0 radical (unpaired) electrons. The summed E-state index contributed by atoms with van der Waals surface area (Å²) >= 11 is 6.27. The van der Waals surface area contributed by atoms with Gasteiger partial charge in [0.05, 0.1) is 23.7 Å². The summed E-state index contributed by atoms with van der Waals surface area (Å²) in [6.45, 7) is 1.55. The molecule has 1 fully saturated rings. The van der Waals surface area contributed by atoms with E-state index in [-0.39, 0.29) is 17.1 Å². The monoisotopic (exact) mass is 452 g/mol. The Kier molecular flexibility index (Phi) is 5.84. The largest absolute Gasteiger partial charge is 0.465 e. The maximum atomic E-state index is 12.8. The van der Waals surface area contributed by atoms with Crippen molar-refractivity contribution < 1.29 is 23.9 Å². The molecule has 0 bridgehead atoms. The fourth-order valence-corrected chi connectivity index (χ4v) is 4.58. The van der Waals surface area contributed by atoms with Gasteiger partial charge in [0.2, 0.25) is 5.78 Å².